The molecule has 4 N–H and O–H groups in total. The molecule has 305 valence electrons. The normalized spacial score (nSPS) is 12.2. The summed E-state index contributed by atoms with van der Waals surface area (Å²) >= 11 is 0. The molecule has 10 aromatic rings. The van der Waals surface area contributed by atoms with E-state index in [9.17, 15) is 45.4 Å². The third-order valence-corrected chi connectivity index (χ3v) is 12.8. The quantitative estimate of drug-likeness (QED) is 0.0827. The molecule has 0 saturated heterocycles. The van der Waals surface area contributed by atoms with Crippen molar-refractivity contribution in [3.05, 3.63) is 138 Å². The van der Waals surface area contributed by atoms with Gasteiger partial charge in [-0.2, -0.15) is 8.42 Å². The van der Waals surface area contributed by atoms with E-state index in [2.05, 4.69) is 19.9 Å². The Morgan fingerprint density at radius 3 is 1.43 bits per heavy atom. The fraction of sp³-hybridized carbons (Fsp3) is 0.0909. The molecule has 10 rings (SSSR count). The molecule has 0 atom stereocenters. The number of aromatic amines is 3. The minimum atomic E-state index is -4.69. The van der Waals surface area contributed by atoms with Crippen LogP contribution in [0.25, 0.3) is 87.2 Å². The second kappa shape index (κ2) is 14.3. The van der Waals surface area contributed by atoms with Crippen molar-refractivity contribution in [3.8, 4) is 5.75 Å². The van der Waals surface area contributed by atoms with Gasteiger partial charge < -0.3 is 24.6 Å². The molecule has 61 heavy (non-hydrogen) atoms. The van der Waals surface area contributed by atoms with E-state index in [1.54, 1.807) is 36.4 Å². The molecule has 0 aliphatic heterocycles. The Kier molecular flexibility index (Phi) is 9.70. The zero-order chi connectivity index (χ0) is 42.7. The average Bonchev–Trinajstić information content (AvgIpc) is 3.18. The summed E-state index contributed by atoms with van der Waals surface area (Å²) < 4.78 is 67.3. The first-order valence-corrected chi connectivity index (χ1v) is 21.1. The number of nitrogens with one attached hydrogen (secondary N) is 3. The molecule has 0 saturated carbocycles. The first-order chi connectivity index (χ1) is 28.3. The van der Waals surface area contributed by atoms with Crippen LogP contribution >= 0.6 is 0 Å². The van der Waals surface area contributed by atoms with Crippen LogP contribution in [-0.4, -0.2) is 45.9 Å². The minimum absolute atomic E-state index is 0. The Morgan fingerprint density at radius 1 is 0.492 bits per heavy atom. The largest absolute Gasteiger partial charge is 2.00 e. The molecule has 4 aromatic heterocycles. The molecule has 6 aromatic carbocycles. The first-order valence-electron chi connectivity index (χ1n) is 18.3. The molecule has 0 spiro atoms. The van der Waals surface area contributed by atoms with Crippen LogP contribution in [-0.2, 0) is 37.3 Å². The van der Waals surface area contributed by atoms with Crippen LogP contribution in [0.15, 0.2) is 109 Å². The second-order valence-electron chi connectivity index (χ2n) is 15.0. The Balaban J connectivity index is 0.000000166. The summed E-state index contributed by atoms with van der Waals surface area (Å²) in [7, 11) is -9.13. The molecule has 4 heterocycles. The van der Waals surface area contributed by atoms with Crippen molar-refractivity contribution in [2.45, 2.75) is 37.5 Å². The summed E-state index contributed by atoms with van der Waals surface area (Å²) in [6.07, 6.45) is 0. The fourth-order valence-electron chi connectivity index (χ4n) is 7.87. The molecule has 14 nitrogen and oxygen atoms in total. The third kappa shape index (κ3) is 6.90. The summed E-state index contributed by atoms with van der Waals surface area (Å²) in [6.45, 7) is 6.77. The van der Waals surface area contributed by atoms with E-state index in [1.807, 2.05) is 38.1 Å². The van der Waals surface area contributed by atoms with Crippen LogP contribution in [0.4, 0.5) is 0 Å². The van der Waals surface area contributed by atoms with Crippen molar-refractivity contribution in [2.75, 3.05) is 0 Å². The Morgan fingerprint density at radius 2 is 0.885 bits per heavy atom. The fourth-order valence-corrected chi connectivity index (χ4v) is 9.32. The number of H-pyrrole nitrogens is 3. The summed E-state index contributed by atoms with van der Waals surface area (Å²) in [5, 5.41) is 16.1. The van der Waals surface area contributed by atoms with Crippen molar-refractivity contribution >= 4 is 107 Å². The van der Waals surface area contributed by atoms with Gasteiger partial charge in [0.1, 0.15) is 10.1 Å². The Labute approximate surface area is 354 Å². The van der Waals surface area contributed by atoms with Crippen molar-refractivity contribution in [2.24, 2.45) is 0 Å². The molecule has 0 aliphatic rings. The zero-order valence-electron chi connectivity index (χ0n) is 32.3. The number of fused-ring (bicyclic) bond motifs is 8. The van der Waals surface area contributed by atoms with E-state index in [-0.39, 0.29) is 71.5 Å². The average molecular weight is 894 g/mol. The topological polar surface area (TPSA) is 246 Å². The molecule has 0 unspecified atom stereocenters. The van der Waals surface area contributed by atoms with Crippen molar-refractivity contribution in [1.82, 2.24) is 19.9 Å². The molecule has 0 amide bonds. The molecule has 1 radical (unpaired) electrons. The molecule has 0 bridgehead atoms. The van der Waals surface area contributed by atoms with Gasteiger partial charge in [0.05, 0.1) is 48.4 Å². The summed E-state index contributed by atoms with van der Waals surface area (Å²) in [5.41, 5.74) is 5.00. The minimum Gasteiger partial charge on any atom is -0.872 e. The standard InChI is InChI=1S/2C22H16N2O5S.Mn/c2*1-10-3-4-16-12(5-10)21(25)14-8-18-15(7-17(14)23-16)22(26)13-6-11(2)20(30(27,28)29)9-19(13)24-18;/h2*3-9H,1-2H3,(H,23,25)(H,24,26)(H,27,28,29);/q;;+2/p-2. The van der Waals surface area contributed by atoms with Gasteiger partial charge >= 0.3 is 17.1 Å². The van der Waals surface area contributed by atoms with Crippen LogP contribution in [0.5, 0.6) is 5.75 Å². The number of hydrogen-bond acceptors (Lipinski definition) is 10. The van der Waals surface area contributed by atoms with Crippen LogP contribution in [0, 0.1) is 27.7 Å². The van der Waals surface area contributed by atoms with Crippen LogP contribution in [0.3, 0.4) is 0 Å². The molecular weight excluding hydrogens is 864 g/mol. The number of rotatable bonds is 2. The van der Waals surface area contributed by atoms with Gasteiger partial charge in [0.25, 0.3) is 10.1 Å². The molecule has 0 fully saturated rings. The molecule has 17 heteroatoms. The Hall–Kier alpha value is -6.46. The van der Waals surface area contributed by atoms with Gasteiger partial charge in [0, 0.05) is 37.8 Å². The van der Waals surface area contributed by atoms with E-state index >= 15 is 0 Å². The number of aryl methyl sites for hydroxylation is 4. The smallest absolute Gasteiger partial charge is 0.872 e. The predicted molar refractivity (Wildman–Crippen MR) is 229 cm³/mol. The van der Waals surface area contributed by atoms with E-state index in [1.165, 1.54) is 32.0 Å². The monoisotopic (exact) mass is 893 g/mol. The van der Waals surface area contributed by atoms with E-state index < -0.39 is 25.1 Å². The maximum atomic E-state index is 13.1. The number of pyridine rings is 4. The van der Waals surface area contributed by atoms with Crippen LogP contribution in [0.1, 0.15) is 22.3 Å². The number of benzene rings is 6. The number of hydrogen-bond donors (Lipinski definition) is 4. The maximum absolute atomic E-state index is 13.1. The van der Waals surface area contributed by atoms with Crippen LogP contribution < -0.4 is 21.4 Å². The van der Waals surface area contributed by atoms with Gasteiger partial charge in [-0.25, -0.2) is 13.4 Å². The first kappa shape index (κ1) is 41.3. The van der Waals surface area contributed by atoms with Crippen molar-refractivity contribution < 1.29 is 48.1 Å². The van der Waals surface area contributed by atoms with Crippen molar-refractivity contribution in [3.63, 3.8) is 0 Å². The second-order valence-corrected chi connectivity index (χ2v) is 17.7. The summed E-state index contributed by atoms with van der Waals surface area (Å²) in [6, 6.07) is 22.5. The van der Waals surface area contributed by atoms with Gasteiger partial charge in [0.2, 0.25) is 0 Å². The molecule has 0 aliphatic carbocycles. The molecular formula is C44H30MnN4O10S2. The van der Waals surface area contributed by atoms with Crippen LogP contribution in [0.2, 0.25) is 0 Å². The third-order valence-electron chi connectivity index (χ3n) is 10.8. The van der Waals surface area contributed by atoms with E-state index in [0.29, 0.717) is 70.8 Å². The van der Waals surface area contributed by atoms with Gasteiger partial charge in [-0.1, -0.05) is 35.1 Å². The number of aromatic nitrogens is 4. The van der Waals surface area contributed by atoms with E-state index in [4.69, 9.17) is 0 Å². The predicted octanol–water partition coefficient (Wildman–Crippen LogP) is 6.51. The number of nitrogens with zero attached hydrogens (tertiary/aromatic N) is 1. The summed E-state index contributed by atoms with van der Waals surface area (Å²) in [4.78, 5) is 52.4. The van der Waals surface area contributed by atoms with Gasteiger partial charge in [-0.05, 0) is 116 Å². The van der Waals surface area contributed by atoms with E-state index in [0.717, 1.165) is 17.2 Å². The van der Waals surface area contributed by atoms with Gasteiger partial charge in [-0.3, -0.25) is 18.9 Å². The SMILES string of the molecule is Cc1ccc2[nH]c3cc4c(=O)c5cc(C)c(S(=O)(=O)O)cc5[nH]c4cc3c(=O)c2c1.Cc1ccc2nc3cc4c(=O)c5cc(C)c(S(=O)(=O)[O-])cc5[nH]c4cc3c([O-])c2c1.[Mn+2]. The zero-order valence-corrected chi connectivity index (χ0v) is 35.2. The Bertz CT molecular complexity index is 4030. The van der Waals surface area contributed by atoms with Crippen molar-refractivity contribution in [1.29, 1.82) is 0 Å². The summed E-state index contributed by atoms with van der Waals surface area (Å²) in [5.74, 6) is -0.201. The maximum Gasteiger partial charge on any atom is 2.00 e. The van der Waals surface area contributed by atoms with Gasteiger partial charge in [0.15, 0.2) is 16.3 Å². The van der Waals surface area contributed by atoms with Gasteiger partial charge in [-0.15, -0.1) is 0 Å².